The number of amides is 1. The molecule has 1 fully saturated rings. The maximum Gasteiger partial charge on any atom is 0.316 e. The zero-order chi connectivity index (χ0) is 15.6. The van der Waals surface area contributed by atoms with E-state index in [0.717, 1.165) is 25.7 Å². The van der Waals surface area contributed by atoms with Crippen LogP contribution in [0.5, 0.6) is 5.75 Å². The van der Waals surface area contributed by atoms with Gasteiger partial charge >= 0.3 is 11.8 Å². The number of carbonyl (C=O) groups excluding carboxylic acids is 1. The molecule has 0 saturated heterocycles. The number of rotatable bonds is 4. The SMILES string of the molecule is COc1ccc(NC(=O)c2nc(C3(N)CCCC3)no2)cc1.Cl. The van der Waals surface area contributed by atoms with Crippen LogP contribution in [0, 0.1) is 0 Å². The Bertz CT molecular complexity index is 666. The van der Waals surface area contributed by atoms with E-state index in [2.05, 4.69) is 15.5 Å². The summed E-state index contributed by atoms with van der Waals surface area (Å²) >= 11 is 0. The molecule has 1 aliphatic rings. The molecule has 7 nitrogen and oxygen atoms in total. The van der Waals surface area contributed by atoms with Crippen LogP contribution in [0.1, 0.15) is 42.2 Å². The van der Waals surface area contributed by atoms with E-state index in [-0.39, 0.29) is 18.3 Å². The maximum atomic E-state index is 12.1. The molecule has 2 aromatic rings. The van der Waals surface area contributed by atoms with E-state index >= 15 is 0 Å². The molecule has 0 atom stereocenters. The van der Waals surface area contributed by atoms with Gasteiger partial charge in [0.15, 0.2) is 5.82 Å². The lowest BCUT2D eigenvalue weighted by molar-refractivity contribution is 0.0981. The fourth-order valence-corrected chi connectivity index (χ4v) is 2.61. The number of ether oxygens (including phenoxy) is 1. The largest absolute Gasteiger partial charge is 0.497 e. The first-order chi connectivity index (χ1) is 10.6. The average molecular weight is 339 g/mol. The van der Waals surface area contributed by atoms with Gasteiger partial charge in [-0.25, -0.2) is 0 Å². The third kappa shape index (κ3) is 3.62. The Morgan fingerprint density at radius 2 is 1.96 bits per heavy atom. The second-order valence-corrected chi connectivity index (χ2v) is 5.47. The number of anilines is 1. The van der Waals surface area contributed by atoms with Gasteiger partial charge < -0.3 is 20.3 Å². The van der Waals surface area contributed by atoms with Crippen LogP contribution in [0.2, 0.25) is 0 Å². The summed E-state index contributed by atoms with van der Waals surface area (Å²) in [5.74, 6) is 0.585. The van der Waals surface area contributed by atoms with Crippen molar-refractivity contribution in [2.75, 3.05) is 12.4 Å². The lowest BCUT2D eigenvalue weighted by atomic mass is 9.99. The van der Waals surface area contributed by atoms with Crippen LogP contribution in [0.25, 0.3) is 0 Å². The van der Waals surface area contributed by atoms with E-state index < -0.39 is 11.4 Å². The van der Waals surface area contributed by atoms with Gasteiger partial charge in [-0.1, -0.05) is 18.0 Å². The molecule has 124 valence electrons. The highest BCUT2D eigenvalue weighted by atomic mass is 35.5. The van der Waals surface area contributed by atoms with Crippen molar-refractivity contribution in [3.8, 4) is 5.75 Å². The number of methoxy groups -OCH3 is 1. The zero-order valence-electron chi connectivity index (χ0n) is 12.7. The Balaban J connectivity index is 0.00000192. The molecule has 1 heterocycles. The molecule has 0 spiro atoms. The summed E-state index contributed by atoms with van der Waals surface area (Å²) in [6.07, 6.45) is 3.70. The van der Waals surface area contributed by atoms with Crippen LogP contribution in [0.15, 0.2) is 28.8 Å². The molecule has 1 amide bonds. The standard InChI is InChI=1S/C15H18N4O3.ClH/c1-21-11-6-4-10(5-7-11)17-12(20)13-18-14(19-22-13)15(16)8-2-3-9-15;/h4-7H,2-3,8-9,16H2,1H3,(H,17,20);1H. The Morgan fingerprint density at radius 3 is 2.57 bits per heavy atom. The average Bonchev–Trinajstić information content (AvgIpc) is 3.18. The number of nitrogens with zero attached hydrogens (tertiary/aromatic N) is 2. The highest BCUT2D eigenvalue weighted by Crippen LogP contribution is 2.34. The highest BCUT2D eigenvalue weighted by molar-refractivity contribution is 6.00. The van der Waals surface area contributed by atoms with E-state index in [1.165, 1.54) is 0 Å². The molecular weight excluding hydrogens is 320 g/mol. The first-order valence-corrected chi connectivity index (χ1v) is 7.19. The van der Waals surface area contributed by atoms with Gasteiger partial charge in [0.1, 0.15) is 5.75 Å². The van der Waals surface area contributed by atoms with E-state index in [1.807, 2.05) is 0 Å². The number of aromatic nitrogens is 2. The normalized spacial score (nSPS) is 15.7. The predicted molar refractivity (Wildman–Crippen MR) is 86.8 cm³/mol. The Hall–Kier alpha value is -2.12. The second-order valence-electron chi connectivity index (χ2n) is 5.47. The van der Waals surface area contributed by atoms with Gasteiger partial charge in [-0.3, -0.25) is 4.79 Å². The summed E-state index contributed by atoms with van der Waals surface area (Å²) in [6.45, 7) is 0. The third-order valence-corrected chi connectivity index (χ3v) is 3.91. The van der Waals surface area contributed by atoms with E-state index in [0.29, 0.717) is 17.3 Å². The van der Waals surface area contributed by atoms with Gasteiger partial charge in [0.2, 0.25) is 0 Å². The Kier molecular flexibility index (Phi) is 5.23. The van der Waals surface area contributed by atoms with Gasteiger partial charge in [-0.15, -0.1) is 12.4 Å². The van der Waals surface area contributed by atoms with Crippen molar-refractivity contribution in [2.45, 2.75) is 31.2 Å². The Labute approximate surface area is 140 Å². The van der Waals surface area contributed by atoms with Crippen LogP contribution in [-0.2, 0) is 5.54 Å². The molecule has 0 aliphatic heterocycles. The molecule has 0 radical (unpaired) electrons. The maximum absolute atomic E-state index is 12.1. The fourth-order valence-electron chi connectivity index (χ4n) is 2.61. The number of halogens is 1. The number of nitrogens with one attached hydrogen (secondary N) is 1. The summed E-state index contributed by atoms with van der Waals surface area (Å²) in [4.78, 5) is 16.3. The van der Waals surface area contributed by atoms with Crippen LogP contribution in [0.4, 0.5) is 5.69 Å². The van der Waals surface area contributed by atoms with E-state index in [1.54, 1.807) is 31.4 Å². The number of benzene rings is 1. The van der Waals surface area contributed by atoms with Crippen LogP contribution < -0.4 is 15.8 Å². The number of carbonyl (C=O) groups is 1. The third-order valence-electron chi connectivity index (χ3n) is 3.91. The first kappa shape index (κ1) is 17.2. The minimum absolute atomic E-state index is 0. The number of hydrogen-bond acceptors (Lipinski definition) is 6. The first-order valence-electron chi connectivity index (χ1n) is 7.19. The summed E-state index contributed by atoms with van der Waals surface area (Å²) in [5, 5.41) is 6.56. The molecule has 1 aromatic carbocycles. The van der Waals surface area contributed by atoms with Crippen molar-refractivity contribution in [3.05, 3.63) is 36.0 Å². The minimum atomic E-state index is -0.567. The van der Waals surface area contributed by atoms with E-state index in [4.69, 9.17) is 15.0 Å². The fraction of sp³-hybridized carbons (Fsp3) is 0.400. The highest BCUT2D eigenvalue weighted by Gasteiger charge is 2.36. The molecule has 23 heavy (non-hydrogen) atoms. The van der Waals surface area contributed by atoms with Crippen molar-refractivity contribution in [3.63, 3.8) is 0 Å². The lowest BCUT2D eigenvalue weighted by Crippen LogP contribution is -2.34. The monoisotopic (exact) mass is 338 g/mol. The second kappa shape index (κ2) is 6.97. The molecule has 1 aromatic heterocycles. The van der Waals surface area contributed by atoms with E-state index in [9.17, 15) is 4.79 Å². The van der Waals surface area contributed by atoms with Crippen molar-refractivity contribution >= 4 is 24.0 Å². The van der Waals surface area contributed by atoms with Crippen molar-refractivity contribution in [2.24, 2.45) is 5.73 Å². The molecule has 0 bridgehead atoms. The van der Waals surface area contributed by atoms with Gasteiger partial charge in [0.05, 0.1) is 12.6 Å². The van der Waals surface area contributed by atoms with Gasteiger partial charge in [-0.05, 0) is 37.1 Å². The molecule has 0 unspecified atom stereocenters. The molecule has 3 N–H and O–H groups in total. The number of nitrogens with two attached hydrogens (primary N) is 1. The summed E-state index contributed by atoms with van der Waals surface area (Å²) in [6, 6.07) is 6.97. The van der Waals surface area contributed by atoms with Crippen LogP contribution in [0.3, 0.4) is 0 Å². The van der Waals surface area contributed by atoms with Gasteiger partial charge in [0, 0.05) is 5.69 Å². The van der Waals surface area contributed by atoms with Crippen molar-refractivity contribution < 1.29 is 14.1 Å². The topological polar surface area (TPSA) is 103 Å². The Morgan fingerprint density at radius 1 is 1.30 bits per heavy atom. The molecule has 1 aliphatic carbocycles. The van der Waals surface area contributed by atoms with Crippen LogP contribution in [-0.4, -0.2) is 23.2 Å². The minimum Gasteiger partial charge on any atom is -0.497 e. The molecule has 8 heteroatoms. The van der Waals surface area contributed by atoms with Gasteiger partial charge in [0.25, 0.3) is 0 Å². The smallest absolute Gasteiger partial charge is 0.316 e. The number of hydrogen-bond donors (Lipinski definition) is 2. The molecule has 1 saturated carbocycles. The summed E-state index contributed by atoms with van der Waals surface area (Å²) < 4.78 is 10.1. The van der Waals surface area contributed by atoms with Gasteiger partial charge in [-0.2, -0.15) is 4.98 Å². The summed E-state index contributed by atoms with van der Waals surface area (Å²) in [5.41, 5.74) is 6.30. The quantitative estimate of drug-likeness (QED) is 0.887. The van der Waals surface area contributed by atoms with Crippen LogP contribution >= 0.6 is 12.4 Å². The zero-order valence-corrected chi connectivity index (χ0v) is 13.6. The van der Waals surface area contributed by atoms with Crippen molar-refractivity contribution in [1.29, 1.82) is 0 Å². The van der Waals surface area contributed by atoms with Crippen molar-refractivity contribution in [1.82, 2.24) is 10.1 Å². The predicted octanol–water partition coefficient (Wildman–Crippen LogP) is 2.48. The lowest BCUT2D eigenvalue weighted by Gasteiger charge is -2.17. The summed E-state index contributed by atoms with van der Waals surface area (Å²) in [7, 11) is 1.58. The molecule has 3 rings (SSSR count). The molecular formula is C15H19ClN4O3.